The number of nitrogens with zero attached hydrogens (tertiary/aromatic N) is 1. The third-order valence-electron chi connectivity index (χ3n) is 2.60. The zero-order valence-electron chi connectivity index (χ0n) is 10.3. The molecule has 0 atom stereocenters. The summed E-state index contributed by atoms with van der Waals surface area (Å²) in [5.74, 6) is -2.04. The van der Waals surface area contributed by atoms with Crippen LogP contribution in [0.5, 0.6) is 0 Å². The van der Waals surface area contributed by atoms with E-state index in [0.29, 0.717) is 5.56 Å². The van der Waals surface area contributed by atoms with Crippen LogP contribution in [0.15, 0.2) is 42.5 Å². The smallest absolute Gasteiger partial charge is 0.341 e. The van der Waals surface area contributed by atoms with Gasteiger partial charge in [0.15, 0.2) is 0 Å². The van der Waals surface area contributed by atoms with Crippen LogP contribution in [0.25, 0.3) is 0 Å². The van der Waals surface area contributed by atoms with E-state index in [1.165, 1.54) is 36.4 Å². The van der Waals surface area contributed by atoms with E-state index in [1.54, 1.807) is 6.07 Å². The maximum atomic E-state index is 13.6. The van der Waals surface area contributed by atoms with Crippen LogP contribution in [-0.4, -0.2) is 5.97 Å². The van der Waals surface area contributed by atoms with Crippen LogP contribution in [-0.2, 0) is 11.3 Å². The number of halogens is 2. The number of esters is 1. The molecule has 0 aromatic heterocycles. The molecule has 0 spiro atoms. The number of ether oxygens (including phenoxy) is 1. The van der Waals surface area contributed by atoms with E-state index in [0.717, 1.165) is 6.07 Å². The van der Waals surface area contributed by atoms with Gasteiger partial charge in [0.2, 0.25) is 0 Å². The Balaban J connectivity index is 2.05. The standard InChI is InChI=1S/C15H9F2NO2/c16-12-4-1-10(2-5-12)9-20-15(19)13-6-3-11(8-18)7-14(13)17/h1-7H,9H2. The SMILES string of the molecule is N#Cc1ccc(C(=O)OCc2ccc(F)cc2)c(F)c1. The Bertz CT molecular complexity index is 675. The fraction of sp³-hybridized carbons (Fsp3) is 0.0667. The molecule has 0 aliphatic rings. The van der Waals surface area contributed by atoms with Gasteiger partial charge in [-0.25, -0.2) is 13.6 Å². The number of carbonyl (C=O) groups excluding carboxylic acids is 1. The van der Waals surface area contributed by atoms with Crippen LogP contribution < -0.4 is 0 Å². The quantitative estimate of drug-likeness (QED) is 0.807. The largest absolute Gasteiger partial charge is 0.457 e. The Morgan fingerprint density at radius 1 is 1.15 bits per heavy atom. The van der Waals surface area contributed by atoms with E-state index in [9.17, 15) is 13.6 Å². The molecule has 100 valence electrons. The minimum Gasteiger partial charge on any atom is -0.457 e. The molecule has 0 unspecified atom stereocenters. The molecule has 0 bridgehead atoms. The van der Waals surface area contributed by atoms with Gasteiger partial charge in [-0.2, -0.15) is 5.26 Å². The summed E-state index contributed by atoms with van der Waals surface area (Å²) in [4.78, 5) is 11.7. The van der Waals surface area contributed by atoms with E-state index in [-0.39, 0.29) is 17.7 Å². The van der Waals surface area contributed by atoms with Gasteiger partial charge in [-0.15, -0.1) is 0 Å². The highest BCUT2D eigenvalue weighted by atomic mass is 19.1. The van der Waals surface area contributed by atoms with E-state index in [4.69, 9.17) is 10.00 Å². The second kappa shape index (κ2) is 5.93. The predicted molar refractivity (Wildman–Crippen MR) is 66.6 cm³/mol. The highest BCUT2D eigenvalue weighted by Gasteiger charge is 2.13. The lowest BCUT2D eigenvalue weighted by atomic mass is 10.1. The number of nitriles is 1. The zero-order valence-corrected chi connectivity index (χ0v) is 10.3. The third-order valence-corrected chi connectivity index (χ3v) is 2.60. The van der Waals surface area contributed by atoms with Gasteiger partial charge in [0, 0.05) is 0 Å². The molecule has 0 fully saturated rings. The molecule has 0 heterocycles. The Morgan fingerprint density at radius 3 is 2.45 bits per heavy atom. The van der Waals surface area contributed by atoms with Gasteiger partial charge in [0.05, 0.1) is 17.2 Å². The molecule has 0 amide bonds. The lowest BCUT2D eigenvalue weighted by Gasteiger charge is -2.06. The van der Waals surface area contributed by atoms with Crippen molar-refractivity contribution in [1.82, 2.24) is 0 Å². The summed E-state index contributed by atoms with van der Waals surface area (Å²) in [6.45, 7) is -0.0848. The summed E-state index contributed by atoms with van der Waals surface area (Å²) in [7, 11) is 0. The second-order valence-corrected chi connectivity index (χ2v) is 4.01. The number of hydrogen-bond acceptors (Lipinski definition) is 3. The van der Waals surface area contributed by atoms with E-state index < -0.39 is 17.6 Å². The molecule has 2 aromatic carbocycles. The van der Waals surface area contributed by atoms with Crippen LogP contribution in [0.3, 0.4) is 0 Å². The van der Waals surface area contributed by atoms with Gasteiger partial charge in [0.1, 0.15) is 18.2 Å². The molecule has 3 nitrogen and oxygen atoms in total. The van der Waals surface area contributed by atoms with Gasteiger partial charge < -0.3 is 4.74 Å². The van der Waals surface area contributed by atoms with Gasteiger partial charge in [-0.05, 0) is 35.9 Å². The first-order chi connectivity index (χ1) is 9.60. The average Bonchev–Trinajstić information content (AvgIpc) is 2.46. The first kappa shape index (κ1) is 13.7. The normalized spacial score (nSPS) is 9.85. The van der Waals surface area contributed by atoms with Crippen LogP contribution in [0, 0.1) is 23.0 Å². The molecule has 0 aliphatic heterocycles. The van der Waals surface area contributed by atoms with Crippen LogP contribution in [0.1, 0.15) is 21.5 Å². The molecule has 0 radical (unpaired) electrons. The summed E-state index contributed by atoms with van der Waals surface area (Å²) in [5, 5.41) is 8.60. The van der Waals surface area contributed by atoms with Crippen molar-refractivity contribution in [3.63, 3.8) is 0 Å². The number of rotatable bonds is 3. The van der Waals surface area contributed by atoms with Crippen molar-refractivity contribution in [2.45, 2.75) is 6.61 Å². The lowest BCUT2D eigenvalue weighted by Crippen LogP contribution is -2.07. The molecule has 0 saturated carbocycles. The van der Waals surface area contributed by atoms with Crippen molar-refractivity contribution in [2.24, 2.45) is 0 Å². The number of carbonyl (C=O) groups is 1. The van der Waals surface area contributed by atoms with E-state index in [1.807, 2.05) is 0 Å². The minimum absolute atomic E-state index is 0.0848. The fourth-order valence-corrected chi connectivity index (χ4v) is 1.56. The van der Waals surface area contributed by atoms with Gasteiger partial charge >= 0.3 is 5.97 Å². The molecule has 0 N–H and O–H groups in total. The van der Waals surface area contributed by atoms with E-state index >= 15 is 0 Å². The maximum Gasteiger partial charge on any atom is 0.341 e. The Kier molecular flexibility index (Phi) is 4.06. The van der Waals surface area contributed by atoms with Gasteiger partial charge in [0.25, 0.3) is 0 Å². The lowest BCUT2D eigenvalue weighted by molar-refractivity contribution is 0.0467. The fourth-order valence-electron chi connectivity index (χ4n) is 1.56. The van der Waals surface area contributed by atoms with Crippen molar-refractivity contribution < 1.29 is 18.3 Å². The van der Waals surface area contributed by atoms with Crippen molar-refractivity contribution in [3.8, 4) is 6.07 Å². The van der Waals surface area contributed by atoms with Crippen molar-refractivity contribution in [2.75, 3.05) is 0 Å². The van der Waals surface area contributed by atoms with Crippen molar-refractivity contribution >= 4 is 5.97 Å². The molecule has 5 heteroatoms. The van der Waals surface area contributed by atoms with Crippen LogP contribution in [0.4, 0.5) is 8.78 Å². The first-order valence-corrected chi connectivity index (χ1v) is 5.71. The minimum atomic E-state index is -0.837. The van der Waals surface area contributed by atoms with Crippen LogP contribution in [0.2, 0.25) is 0 Å². The molecule has 20 heavy (non-hydrogen) atoms. The monoisotopic (exact) mass is 273 g/mol. The first-order valence-electron chi connectivity index (χ1n) is 5.71. The summed E-state index contributed by atoms with van der Waals surface area (Å²) in [6, 6.07) is 10.7. The average molecular weight is 273 g/mol. The molecular formula is C15H9F2NO2. The molecule has 0 aliphatic carbocycles. The molecule has 2 aromatic rings. The Labute approximate surface area is 114 Å². The van der Waals surface area contributed by atoms with Crippen molar-refractivity contribution in [1.29, 1.82) is 5.26 Å². The zero-order chi connectivity index (χ0) is 14.5. The second-order valence-electron chi connectivity index (χ2n) is 4.01. The van der Waals surface area contributed by atoms with Gasteiger partial charge in [-0.3, -0.25) is 0 Å². The van der Waals surface area contributed by atoms with Crippen molar-refractivity contribution in [3.05, 3.63) is 70.8 Å². The number of benzene rings is 2. The third kappa shape index (κ3) is 3.18. The topological polar surface area (TPSA) is 50.1 Å². The molecule has 0 saturated heterocycles. The Morgan fingerprint density at radius 2 is 1.85 bits per heavy atom. The number of hydrogen-bond donors (Lipinski definition) is 0. The molecule has 2 rings (SSSR count). The highest BCUT2D eigenvalue weighted by Crippen LogP contribution is 2.13. The van der Waals surface area contributed by atoms with Gasteiger partial charge in [-0.1, -0.05) is 12.1 Å². The highest BCUT2D eigenvalue weighted by molar-refractivity contribution is 5.89. The van der Waals surface area contributed by atoms with Crippen LogP contribution >= 0.6 is 0 Å². The predicted octanol–water partition coefficient (Wildman–Crippen LogP) is 3.19. The molecular weight excluding hydrogens is 264 g/mol. The summed E-state index contributed by atoms with van der Waals surface area (Å²) in [6.07, 6.45) is 0. The summed E-state index contributed by atoms with van der Waals surface area (Å²) >= 11 is 0. The Hall–Kier alpha value is -2.74. The van der Waals surface area contributed by atoms with E-state index in [2.05, 4.69) is 0 Å². The summed E-state index contributed by atoms with van der Waals surface area (Å²) in [5.41, 5.74) is 0.470. The summed E-state index contributed by atoms with van der Waals surface area (Å²) < 4.78 is 31.2. The maximum absolute atomic E-state index is 13.6.